The Labute approximate surface area is 206 Å². The van der Waals surface area contributed by atoms with Crippen LogP contribution in [0.4, 0.5) is 0 Å². The average molecular weight is 477 g/mol. The van der Waals surface area contributed by atoms with Gasteiger partial charge in [-0.2, -0.15) is 0 Å². The van der Waals surface area contributed by atoms with Crippen LogP contribution in [0, 0.1) is 0 Å². The number of carbonyl (C=O) groups is 1. The summed E-state index contributed by atoms with van der Waals surface area (Å²) >= 11 is 0. The van der Waals surface area contributed by atoms with Crippen LogP contribution in [0.15, 0.2) is 60.7 Å². The molecule has 35 heavy (non-hydrogen) atoms. The van der Waals surface area contributed by atoms with Crippen LogP contribution in [-0.4, -0.2) is 52.3 Å². The van der Waals surface area contributed by atoms with Crippen LogP contribution in [0.5, 0.6) is 23.0 Å². The Morgan fingerprint density at radius 3 is 2.06 bits per heavy atom. The van der Waals surface area contributed by atoms with Crippen molar-refractivity contribution in [1.29, 1.82) is 0 Å². The molecule has 3 aromatic carbocycles. The topological polar surface area (TPSA) is 69.3 Å². The fraction of sp³-hybridized carbons (Fsp3) is 0.321. The average Bonchev–Trinajstić information content (AvgIpc) is 2.91. The number of benzene rings is 3. The summed E-state index contributed by atoms with van der Waals surface area (Å²) in [6, 6.07) is 19.3. The van der Waals surface area contributed by atoms with Crippen LogP contribution < -0.4 is 24.3 Å². The van der Waals surface area contributed by atoms with Crippen molar-refractivity contribution in [3.8, 4) is 23.0 Å². The molecule has 1 unspecified atom stereocenters. The Morgan fingerprint density at radius 2 is 1.46 bits per heavy atom. The Kier molecular flexibility index (Phi) is 7.77. The van der Waals surface area contributed by atoms with Gasteiger partial charge in [0, 0.05) is 25.2 Å². The van der Waals surface area contributed by atoms with Gasteiger partial charge in [-0.05, 0) is 71.6 Å². The molecule has 1 atom stereocenters. The summed E-state index contributed by atoms with van der Waals surface area (Å²) in [4.78, 5) is 15.3. The predicted octanol–water partition coefficient (Wildman–Crippen LogP) is 4.25. The van der Waals surface area contributed by atoms with Gasteiger partial charge in [0.15, 0.2) is 11.5 Å². The third-order valence-electron chi connectivity index (χ3n) is 6.47. The van der Waals surface area contributed by atoms with Gasteiger partial charge in [-0.3, -0.25) is 9.69 Å². The predicted molar refractivity (Wildman–Crippen MR) is 135 cm³/mol. The fourth-order valence-electron chi connectivity index (χ4n) is 4.51. The van der Waals surface area contributed by atoms with E-state index in [4.69, 9.17) is 18.9 Å². The van der Waals surface area contributed by atoms with E-state index >= 15 is 0 Å². The largest absolute Gasteiger partial charge is 0.497 e. The van der Waals surface area contributed by atoms with Gasteiger partial charge in [0.2, 0.25) is 0 Å². The number of hydrogen-bond acceptors (Lipinski definition) is 6. The second-order valence-corrected chi connectivity index (χ2v) is 8.43. The number of nitrogens with one attached hydrogen (secondary N) is 1. The van der Waals surface area contributed by atoms with Crippen molar-refractivity contribution in [2.75, 3.05) is 41.5 Å². The first-order chi connectivity index (χ1) is 17.1. The van der Waals surface area contributed by atoms with E-state index in [1.807, 2.05) is 18.2 Å². The quantitative estimate of drug-likeness (QED) is 0.498. The van der Waals surface area contributed by atoms with Gasteiger partial charge in [-0.1, -0.05) is 12.1 Å². The van der Waals surface area contributed by atoms with Crippen molar-refractivity contribution in [2.24, 2.45) is 0 Å². The number of fused-ring (bicyclic) bond motifs is 1. The molecule has 1 amide bonds. The lowest BCUT2D eigenvalue weighted by molar-refractivity contribution is 0.0925. The summed E-state index contributed by atoms with van der Waals surface area (Å²) in [5, 5.41) is 3.13. The zero-order chi connectivity index (χ0) is 24.8. The minimum atomic E-state index is -0.121. The molecular formula is C28H32N2O5. The zero-order valence-corrected chi connectivity index (χ0v) is 20.7. The number of hydrogen-bond donors (Lipinski definition) is 1. The molecule has 3 aromatic rings. The highest BCUT2D eigenvalue weighted by atomic mass is 16.5. The summed E-state index contributed by atoms with van der Waals surface area (Å²) in [6.45, 7) is 2.07. The van der Waals surface area contributed by atoms with Crippen LogP contribution in [0.3, 0.4) is 0 Å². The molecule has 0 saturated heterocycles. The highest BCUT2D eigenvalue weighted by Crippen LogP contribution is 2.38. The van der Waals surface area contributed by atoms with Crippen molar-refractivity contribution in [2.45, 2.75) is 19.0 Å². The Balaban J connectivity index is 1.59. The van der Waals surface area contributed by atoms with Crippen LogP contribution in [-0.2, 0) is 13.0 Å². The van der Waals surface area contributed by atoms with Gasteiger partial charge in [0.25, 0.3) is 5.91 Å². The van der Waals surface area contributed by atoms with E-state index in [0.29, 0.717) is 17.9 Å². The molecule has 7 nitrogen and oxygen atoms in total. The van der Waals surface area contributed by atoms with Crippen molar-refractivity contribution >= 4 is 5.91 Å². The number of carbonyl (C=O) groups excluding carboxylic acids is 1. The number of amides is 1. The molecule has 0 aromatic heterocycles. The minimum absolute atomic E-state index is 0.0251. The lowest BCUT2D eigenvalue weighted by Gasteiger charge is -2.38. The summed E-state index contributed by atoms with van der Waals surface area (Å²) in [5.41, 5.74) is 4.12. The van der Waals surface area contributed by atoms with Crippen LogP contribution in [0.1, 0.15) is 33.1 Å². The molecule has 0 saturated carbocycles. The van der Waals surface area contributed by atoms with E-state index in [1.54, 1.807) is 52.7 Å². The fourth-order valence-corrected chi connectivity index (χ4v) is 4.51. The first-order valence-corrected chi connectivity index (χ1v) is 11.6. The summed E-state index contributed by atoms with van der Waals surface area (Å²) in [5.74, 6) is 2.83. The van der Waals surface area contributed by atoms with Crippen molar-refractivity contribution in [3.05, 3.63) is 82.9 Å². The SMILES string of the molecule is COc1ccc(CN2CCc3cc(OC)c(OC)cc3C2CNC(=O)c2ccc(OC)cc2)cc1. The third kappa shape index (κ3) is 5.52. The standard InChI is InChI=1S/C28H32N2O5/c1-32-22-9-5-19(6-10-22)18-30-14-13-21-15-26(34-3)27(35-4)16-24(21)25(30)17-29-28(31)20-7-11-23(33-2)12-8-20/h5-12,15-16,25H,13-14,17-18H2,1-4H3,(H,29,31). The lowest BCUT2D eigenvalue weighted by atomic mass is 9.91. The molecule has 7 heteroatoms. The molecule has 0 spiro atoms. The highest BCUT2D eigenvalue weighted by Gasteiger charge is 2.29. The van der Waals surface area contributed by atoms with Crippen LogP contribution >= 0.6 is 0 Å². The van der Waals surface area contributed by atoms with Gasteiger partial charge in [0.1, 0.15) is 11.5 Å². The monoisotopic (exact) mass is 476 g/mol. The van der Waals surface area contributed by atoms with E-state index in [0.717, 1.165) is 42.3 Å². The summed E-state index contributed by atoms with van der Waals surface area (Å²) in [7, 11) is 6.56. The number of ether oxygens (including phenoxy) is 4. The van der Waals surface area contributed by atoms with E-state index in [-0.39, 0.29) is 11.9 Å². The highest BCUT2D eigenvalue weighted by molar-refractivity contribution is 5.94. The smallest absolute Gasteiger partial charge is 0.251 e. The molecule has 1 heterocycles. The molecule has 1 N–H and O–H groups in total. The van der Waals surface area contributed by atoms with Crippen molar-refractivity contribution in [3.63, 3.8) is 0 Å². The summed E-state index contributed by atoms with van der Waals surface area (Å²) < 4.78 is 21.6. The van der Waals surface area contributed by atoms with E-state index in [1.165, 1.54) is 11.1 Å². The number of nitrogens with zero attached hydrogens (tertiary/aromatic N) is 1. The number of methoxy groups -OCH3 is 4. The van der Waals surface area contributed by atoms with E-state index < -0.39 is 0 Å². The first-order valence-electron chi connectivity index (χ1n) is 11.6. The van der Waals surface area contributed by atoms with Crippen LogP contribution in [0.25, 0.3) is 0 Å². The molecule has 1 aliphatic heterocycles. The van der Waals surface area contributed by atoms with Gasteiger partial charge in [-0.15, -0.1) is 0 Å². The molecule has 4 rings (SSSR count). The van der Waals surface area contributed by atoms with E-state index in [9.17, 15) is 4.79 Å². The van der Waals surface area contributed by atoms with E-state index in [2.05, 4.69) is 28.4 Å². The van der Waals surface area contributed by atoms with Gasteiger partial charge >= 0.3 is 0 Å². The zero-order valence-electron chi connectivity index (χ0n) is 20.7. The molecule has 0 radical (unpaired) electrons. The summed E-state index contributed by atoms with van der Waals surface area (Å²) in [6.07, 6.45) is 0.884. The van der Waals surface area contributed by atoms with Crippen LogP contribution in [0.2, 0.25) is 0 Å². The maximum atomic E-state index is 12.9. The Morgan fingerprint density at radius 1 is 0.857 bits per heavy atom. The van der Waals surface area contributed by atoms with Gasteiger partial charge < -0.3 is 24.3 Å². The van der Waals surface area contributed by atoms with Crippen molar-refractivity contribution < 1.29 is 23.7 Å². The molecule has 1 aliphatic rings. The second-order valence-electron chi connectivity index (χ2n) is 8.43. The minimum Gasteiger partial charge on any atom is -0.497 e. The maximum absolute atomic E-state index is 12.9. The first kappa shape index (κ1) is 24.4. The normalized spacial score (nSPS) is 15.1. The van der Waals surface area contributed by atoms with Crippen molar-refractivity contribution in [1.82, 2.24) is 10.2 Å². The van der Waals surface area contributed by atoms with Gasteiger partial charge in [0.05, 0.1) is 34.5 Å². The molecule has 0 fully saturated rings. The Bertz CT molecular complexity index is 1150. The second kappa shape index (κ2) is 11.1. The maximum Gasteiger partial charge on any atom is 0.251 e. The van der Waals surface area contributed by atoms with Gasteiger partial charge in [-0.25, -0.2) is 0 Å². The third-order valence-corrected chi connectivity index (χ3v) is 6.47. The molecular weight excluding hydrogens is 444 g/mol. The Hall–Kier alpha value is -3.71. The molecule has 0 bridgehead atoms. The molecule has 0 aliphatic carbocycles. The lowest BCUT2D eigenvalue weighted by Crippen LogP contribution is -2.41. The number of rotatable bonds is 9. The molecule has 184 valence electrons.